The average Bonchev–Trinajstić information content (AvgIpc) is 3.62. The number of hydrogen-bond acceptors (Lipinski definition) is 8. The molecule has 0 aromatic heterocycles. The zero-order valence-corrected chi connectivity index (χ0v) is 24.8. The number of ether oxygens (including phenoxy) is 6. The maximum absolute atomic E-state index is 9.95. The predicted octanol–water partition coefficient (Wildman–Crippen LogP) is 5.68. The van der Waals surface area contributed by atoms with Crippen LogP contribution in [0.15, 0.2) is 121 Å². The fraction of sp³-hybridized carbons (Fsp3) is 0.333. The van der Waals surface area contributed by atoms with Gasteiger partial charge in [-0.05, 0) is 22.3 Å². The van der Waals surface area contributed by atoms with E-state index >= 15 is 0 Å². The Bertz CT molecular complexity index is 1310. The maximum atomic E-state index is 9.95. The van der Waals surface area contributed by atoms with Crippen LogP contribution in [0.4, 0.5) is 0 Å². The van der Waals surface area contributed by atoms with Crippen LogP contribution >= 0.6 is 0 Å². The van der Waals surface area contributed by atoms with Crippen molar-refractivity contribution in [3.8, 4) is 0 Å². The second-order valence-electron chi connectivity index (χ2n) is 10.6. The maximum Gasteiger partial charge on any atom is 0.186 e. The molecule has 1 aliphatic rings. The Morgan fingerprint density at radius 2 is 0.932 bits per heavy atom. The lowest BCUT2D eigenvalue weighted by Crippen LogP contribution is -2.55. The van der Waals surface area contributed by atoms with E-state index < -0.39 is 30.7 Å². The molecule has 8 nitrogen and oxygen atoms in total. The van der Waals surface area contributed by atoms with E-state index in [0.29, 0.717) is 39.6 Å². The minimum atomic E-state index is -0.708. The van der Waals surface area contributed by atoms with E-state index in [1.54, 1.807) is 0 Å². The number of benzene rings is 4. The Kier molecular flexibility index (Phi) is 12.9. The molecule has 232 valence electrons. The van der Waals surface area contributed by atoms with Gasteiger partial charge in [0.25, 0.3) is 0 Å². The van der Waals surface area contributed by atoms with Crippen LogP contribution in [-0.4, -0.2) is 55.7 Å². The van der Waals surface area contributed by atoms with Gasteiger partial charge < -0.3 is 33.6 Å². The van der Waals surface area contributed by atoms with Gasteiger partial charge in [0, 0.05) is 6.54 Å². The van der Waals surface area contributed by atoms with E-state index in [2.05, 4.69) is 5.48 Å². The van der Waals surface area contributed by atoms with Crippen LogP contribution in [0, 0.1) is 0 Å². The Labute approximate surface area is 259 Å². The molecule has 0 radical (unpaired) electrons. The zero-order valence-electron chi connectivity index (χ0n) is 24.8. The first-order chi connectivity index (χ1) is 21.8. The predicted molar refractivity (Wildman–Crippen MR) is 166 cm³/mol. The molecule has 0 aliphatic carbocycles. The van der Waals surface area contributed by atoms with Crippen molar-refractivity contribution in [2.75, 3.05) is 19.8 Å². The van der Waals surface area contributed by atoms with Crippen molar-refractivity contribution >= 4 is 0 Å². The fourth-order valence-electron chi connectivity index (χ4n) is 5.12. The first-order valence-electron chi connectivity index (χ1n) is 15.0. The van der Waals surface area contributed by atoms with Crippen molar-refractivity contribution in [3.05, 3.63) is 144 Å². The Morgan fingerprint density at radius 1 is 0.545 bits per heavy atom. The standard InChI is InChI=1S/C36H41NO7/c38-37-23-32(41-24-28-13-5-1-6-14-28)33(42-25-29-15-7-2-8-16-29)34(43-26-30-17-9-3-10-18-30)35(36-39-21-22-40-36)44-27-31-19-11-4-12-20-31/h1-20,32-38H,21-27H2/t32-,33-,34+,35-/m0/s1. The van der Waals surface area contributed by atoms with E-state index in [1.807, 2.05) is 121 Å². The van der Waals surface area contributed by atoms with E-state index in [4.69, 9.17) is 28.4 Å². The smallest absolute Gasteiger partial charge is 0.186 e. The first kappa shape index (κ1) is 32.0. The highest BCUT2D eigenvalue weighted by Gasteiger charge is 2.44. The third-order valence-electron chi connectivity index (χ3n) is 7.39. The molecule has 0 amide bonds. The van der Waals surface area contributed by atoms with Crippen molar-refractivity contribution in [3.63, 3.8) is 0 Å². The molecule has 0 bridgehead atoms. The molecule has 5 rings (SSSR count). The summed E-state index contributed by atoms with van der Waals surface area (Å²) in [7, 11) is 0. The summed E-state index contributed by atoms with van der Waals surface area (Å²) in [6, 6.07) is 39.7. The summed E-state index contributed by atoms with van der Waals surface area (Å²) in [6.07, 6.45) is -3.40. The Hall–Kier alpha value is -3.44. The molecule has 1 aliphatic heterocycles. The van der Waals surface area contributed by atoms with Gasteiger partial charge in [0.15, 0.2) is 6.29 Å². The fourth-order valence-corrected chi connectivity index (χ4v) is 5.12. The highest BCUT2D eigenvalue weighted by atomic mass is 16.7. The lowest BCUT2D eigenvalue weighted by atomic mass is 10.0. The normalized spacial score (nSPS) is 16.4. The van der Waals surface area contributed by atoms with Crippen LogP contribution in [0.3, 0.4) is 0 Å². The Balaban J connectivity index is 1.48. The number of nitrogens with one attached hydrogen (secondary N) is 1. The molecule has 0 unspecified atom stereocenters. The van der Waals surface area contributed by atoms with E-state index in [1.165, 1.54) is 0 Å². The summed E-state index contributed by atoms with van der Waals surface area (Å²) in [4.78, 5) is 0. The quantitative estimate of drug-likeness (QED) is 0.141. The van der Waals surface area contributed by atoms with Gasteiger partial charge in [-0.1, -0.05) is 121 Å². The molecule has 4 aromatic rings. The van der Waals surface area contributed by atoms with Crippen LogP contribution in [0.1, 0.15) is 22.3 Å². The van der Waals surface area contributed by atoms with Gasteiger partial charge in [-0.25, -0.2) is 5.48 Å². The van der Waals surface area contributed by atoms with Crippen LogP contribution in [0.25, 0.3) is 0 Å². The highest BCUT2D eigenvalue weighted by Crippen LogP contribution is 2.27. The van der Waals surface area contributed by atoms with Gasteiger partial charge in [0.05, 0.1) is 39.6 Å². The van der Waals surface area contributed by atoms with Gasteiger partial charge in [-0.2, -0.15) is 0 Å². The first-order valence-corrected chi connectivity index (χ1v) is 15.0. The summed E-state index contributed by atoms with van der Waals surface area (Å²) in [5.41, 5.74) is 6.31. The van der Waals surface area contributed by atoms with Gasteiger partial charge in [-0.3, -0.25) is 0 Å². The van der Waals surface area contributed by atoms with E-state index in [0.717, 1.165) is 22.3 Å². The van der Waals surface area contributed by atoms with Crippen molar-refractivity contribution < 1.29 is 33.6 Å². The average molecular weight is 600 g/mol. The van der Waals surface area contributed by atoms with Gasteiger partial charge in [0.2, 0.25) is 0 Å². The molecular formula is C36H41NO7. The lowest BCUT2D eigenvalue weighted by molar-refractivity contribution is -0.238. The molecule has 8 heteroatoms. The molecular weight excluding hydrogens is 558 g/mol. The van der Waals surface area contributed by atoms with Crippen LogP contribution in [0.5, 0.6) is 0 Å². The van der Waals surface area contributed by atoms with Crippen molar-refractivity contribution in [1.29, 1.82) is 0 Å². The number of rotatable bonds is 18. The molecule has 1 fully saturated rings. The van der Waals surface area contributed by atoms with Crippen LogP contribution < -0.4 is 5.48 Å². The van der Waals surface area contributed by atoms with E-state index in [9.17, 15) is 5.21 Å². The Morgan fingerprint density at radius 3 is 1.36 bits per heavy atom. The molecule has 2 N–H and O–H groups in total. The van der Waals surface area contributed by atoms with Crippen molar-refractivity contribution in [2.24, 2.45) is 0 Å². The van der Waals surface area contributed by atoms with Crippen LogP contribution in [0.2, 0.25) is 0 Å². The second-order valence-corrected chi connectivity index (χ2v) is 10.6. The van der Waals surface area contributed by atoms with Crippen LogP contribution in [-0.2, 0) is 54.8 Å². The SMILES string of the molecule is ONC[C@H](OCc1ccccc1)[C@H](OCc1ccccc1)[C@@H](OCc1ccccc1)[C@H](OCc1ccccc1)C1OCCO1. The lowest BCUT2D eigenvalue weighted by Gasteiger charge is -2.39. The third-order valence-corrected chi connectivity index (χ3v) is 7.39. The minimum Gasteiger partial charge on any atom is -0.369 e. The molecule has 4 atom stereocenters. The van der Waals surface area contributed by atoms with Crippen molar-refractivity contribution in [2.45, 2.75) is 57.1 Å². The summed E-state index contributed by atoms with van der Waals surface area (Å²) in [6.45, 7) is 2.22. The summed E-state index contributed by atoms with van der Waals surface area (Å²) >= 11 is 0. The topological polar surface area (TPSA) is 87.6 Å². The summed E-state index contributed by atoms with van der Waals surface area (Å²) in [5, 5.41) is 9.95. The number of hydrogen-bond donors (Lipinski definition) is 2. The second kappa shape index (κ2) is 17.8. The van der Waals surface area contributed by atoms with E-state index in [-0.39, 0.29) is 6.54 Å². The highest BCUT2D eigenvalue weighted by molar-refractivity contribution is 5.16. The largest absolute Gasteiger partial charge is 0.369 e. The molecule has 0 spiro atoms. The summed E-state index contributed by atoms with van der Waals surface area (Å²) in [5.74, 6) is 0. The van der Waals surface area contributed by atoms with Gasteiger partial charge in [0.1, 0.15) is 24.4 Å². The van der Waals surface area contributed by atoms with Gasteiger partial charge in [-0.15, -0.1) is 0 Å². The molecule has 1 heterocycles. The molecule has 0 saturated carbocycles. The number of hydroxylamine groups is 1. The molecule has 4 aromatic carbocycles. The third kappa shape index (κ3) is 9.79. The molecule has 1 saturated heterocycles. The summed E-state index contributed by atoms with van der Waals surface area (Å²) < 4.78 is 38.5. The monoisotopic (exact) mass is 599 g/mol. The van der Waals surface area contributed by atoms with Crippen molar-refractivity contribution in [1.82, 2.24) is 5.48 Å². The minimum absolute atomic E-state index is 0.0925. The van der Waals surface area contributed by atoms with Gasteiger partial charge >= 0.3 is 0 Å². The molecule has 44 heavy (non-hydrogen) atoms. The zero-order chi connectivity index (χ0) is 30.2.